The number of cyclic esters (lactones) is 1. The minimum absolute atomic E-state index is 0. The van der Waals surface area contributed by atoms with Crippen LogP contribution in [0.4, 0.5) is 4.79 Å². The first kappa shape index (κ1) is 30.1. The predicted octanol–water partition coefficient (Wildman–Crippen LogP) is 5.21. The molecule has 1 amide bonds. The van der Waals surface area contributed by atoms with Gasteiger partial charge in [0.15, 0.2) is 11.4 Å². The lowest BCUT2D eigenvalue weighted by Gasteiger charge is -2.39. The first-order valence-corrected chi connectivity index (χ1v) is 13.8. The normalized spacial score (nSPS) is 32.8. The summed E-state index contributed by atoms with van der Waals surface area (Å²) in [5, 5.41) is 2.87. The van der Waals surface area contributed by atoms with Crippen molar-refractivity contribution in [2.45, 2.75) is 77.5 Å². The number of allylic oxidation sites excluding steroid dienone is 2. The molecule has 1 N–H and O–H groups in total. The van der Waals surface area contributed by atoms with E-state index in [-0.39, 0.29) is 25.5 Å². The molecule has 2 saturated heterocycles. The Hall–Kier alpha value is -3.42. The van der Waals surface area contributed by atoms with E-state index in [4.69, 9.17) is 14.2 Å². The summed E-state index contributed by atoms with van der Waals surface area (Å²) < 4.78 is 17.4. The highest BCUT2D eigenvalue weighted by molar-refractivity contribution is 6.00. The number of carbonyl (C=O) groups excluding carboxylic acids is 4. The topological polar surface area (TPSA) is 108 Å². The highest BCUT2D eigenvalue weighted by Gasteiger charge is 2.57. The third-order valence-corrected chi connectivity index (χ3v) is 8.05. The quantitative estimate of drug-likeness (QED) is 0.310. The van der Waals surface area contributed by atoms with Crippen LogP contribution in [-0.2, 0) is 35.0 Å². The number of amides is 1. The van der Waals surface area contributed by atoms with Gasteiger partial charge in [0.1, 0.15) is 17.8 Å². The Morgan fingerprint density at radius 2 is 1.77 bits per heavy atom. The number of ketones is 2. The number of nitrogens with one attached hydrogen (secondary N) is 1. The van der Waals surface area contributed by atoms with Crippen molar-refractivity contribution in [3.05, 3.63) is 60.9 Å². The van der Waals surface area contributed by atoms with Gasteiger partial charge in [0.25, 0.3) is 0 Å². The van der Waals surface area contributed by atoms with Crippen molar-refractivity contribution < 1.29 is 34.8 Å². The lowest BCUT2D eigenvalue weighted by atomic mass is 9.74. The molecule has 0 radical (unpaired) electrons. The van der Waals surface area contributed by atoms with Gasteiger partial charge in [-0.15, -0.1) is 13.2 Å². The van der Waals surface area contributed by atoms with Gasteiger partial charge < -0.3 is 19.5 Å². The molecular formula is C31H43NO7. The molecule has 4 rings (SSSR count). The third kappa shape index (κ3) is 6.60. The van der Waals surface area contributed by atoms with Crippen molar-refractivity contribution in [3.63, 3.8) is 0 Å². The van der Waals surface area contributed by atoms with Gasteiger partial charge in [-0.1, -0.05) is 44.2 Å². The molecule has 8 nitrogen and oxygen atoms in total. The Kier molecular flexibility index (Phi) is 10.1. The van der Waals surface area contributed by atoms with Crippen molar-refractivity contribution in [1.29, 1.82) is 0 Å². The van der Waals surface area contributed by atoms with E-state index in [1.54, 1.807) is 19.9 Å². The molecule has 214 valence electrons. The van der Waals surface area contributed by atoms with Crippen LogP contribution in [0.5, 0.6) is 0 Å². The molecule has 2 bridgehead atoms. The summed E-state index contributed by atoms with van der Waals surface area (Å²) >= 11 is 0. The van der Waals surface area contributed by atoms with Crippen LogP contribution < -0.4 is 5.32 Å². The molecule has 0 spiro atoms. The Labute approximate surface area is 232 Å². The van der Waals surface area contributed by atoms with E-state index in [9.17, 15) is 19.2 Å². The number of aryl methyl sites for hydroxylation is 1. The number of alkyl carbamates (subject to hydrolysis) is 1. The second kappa shape index (κ2) is 13.1. The van der Waals surface area contributed by atoms with Gasteiger partial charge in [-0.2, -0.15) is 0 Å². The molecule has 3 aliphatic rings. The smallest absolute Gasteiger partial charge is 0.408 e. The minimum Gasteiger partial charge on any atom is -0.497 e. The van der Waals surface area contributed by atoms with Crippen LogP contribution >= 0.6 is 0 Å². The summed E-state index contributed by atoms with van der Waals surface area (Å²) in [5.41, 5.74) is -0.0988. The van der Waals surface area contributed by atoms with E-state index in [0.717, 1.165) is 12.8 Å². The number of carbonyl (C=O) groups is 4. The molecule has 3 heterocycles. The number of ether oxygens (including phenoxy) is 3. The zero-order valence-corrected chi connectivity index (χ0v) is 23.4. The molecule has 0 saturated carbocycles. The number of rotatable bonds is 5. The molecule has 1 unspecified atom stereocenters. The monoisotopic (exact) mass is 541 g/mol. The lowest BCUT2D eigenvalue weighted by molar-refractivity contribution is -0.170. The molecule has 1 aromatic carbocycles. The lowest BCUT2D eigenvalue weighted by Crippen LogP contribution is -2.57. The van der Waals surface area contributed by atoms with E-state index in [1.807, 2.05) is 25.1 Å². The van der Waals surface area contributed by atoms with Crippen LogP contribution in [0, 0.1) is 23.7 Å². The van der Waals surface area contributed by atoms with Gasteiger partial charge in [-0.05, 0) is 51.2 Å². The van der Waals surface area contributed by atoms with Crippen molar-refractivity contribution >= 4 is 23.6 Å². The van der Waals surface area contributed by atoms with Crippen LogP contribution in [-0.4, -0.2) is 48.0 Å². The fourth-order valence-corrected chi connectivity index (χ4v) is 5.86. The number of hydrogen-bond donors (Lipinski definition) is 1. The Morgan fingerprint density at radius 1 is 1.08 bits per heavy atom. The van der Waals surface area contributed by atoms with Gasteiger partial charge in [0, 0.05) is 19.7 Å². The molecule has 39 heavy (non-hydrogen) atoms. The minimum atomic E-state index is -1.27. The van der Waals surface area contributed by atoms with Crippen LogP contribution in [0.2, 0.25) is 0 Å². The summed E-state index contributed by atoms with van der Waals surface area (Å²) in [7, 11) is 0. The molecule has 1 aromatic rings. The summed E-state index contributed by atoms with van der Waals surface area (Å²) in [5.74, 6) is -2.88. The van der Waals surface area contributed by atoms with Crippen LogP contribution in [0.25, 0.3) is 0 Å². The van der Waals surface area contributed by atoms with Crippen LogP contribution in [0.15, 0.2) is 55.3 Å². The van der Waals surface area contributed by atoms with E-state index in [1.165, 1.54) is 12.5 Å². The van der Waals surface area contributed by atoms with Gasteiger partial charge in [-0.25, -0.2) is 4.79 Å². The molecule has 7 atom stereocenters. The summed E-state index contributed by atoms with van der Waals surface area (Å²) in [6, 6.07) is 9.35. The van der Waals surface area contributed by atoms with Crippen LogP contribution in [0.1, 0.15) is 60.4 Å². The molecule has 2 fully saturated rings. The average molecular weight is 542 g/mol. The van der Waals surface area contributed by atoms with Gasteiger partial charge >= 0.3 is 12.1 Å². The SMILES string of the molecule is C=C.CC[C@H]1OC(=O)[C@H](C)C(=O)[C@H](C)C=C2C[C@@H](CO2)C(=O)[C@H](CCCc2ccccc2)C2NC(=O)O[C@@]21C.[HH]. The fraction of sp³-hybridized carbons (Fsp3) is 0.548. The first-order chi connectivity index (χ1) is 18.6. The fourth-order valence-electron chi connectivity index (χ4n) is 5.86. The second-order valence-corrected chi connectivity index (χ2v) is 10.7. The first-order valence-electron chi connectivity index (χ1n) is 13.8. The maximum absolute atomic E-state index is 14.0. The van der Waals surface area contributed by atoms with Gasteiger partial charge in [0.2, 0.25) is 0 Å². The zero-order valence-electron chi connectivity index (χ0n) is 23.4. The molecule has 0 aromatic heterocycles. The second-order valence-electron chi connectivity index (χ2n) is 10.7. The highest BCUT2D eigenvalue weighted by Crippen LogP contribution is 2.39. The summed E-state index contributed by atoms with van der Waals surface area (Å²) in [4.78, 5) is 52.5. The van der Waals surface area contributed by atoms with Crippen molar-refractivity contribution in [2.75, 3.05) is 6.61 Å². The van der Waals surface area contributed by atoms with Gasteiger partial charge in [-0.3, -0.25) is 14.4 Å². The molecule has 3 aliphatic heterocycles. The predicted molar refractivity (Wildman–Crippen MR) is 149 cm³/mol. The standard InChI is InChI=1S/C29H37NO7.C2H4.H2/c1-5-23-29(4)26(30-28(34)37-29)22(13-9-12-19-10-7-6-8-11-19)25(32)20-15-21(35-16-20)14-17(2)24(31)18(3)27(33)36-23;1-2;/h6-8,10-11,14,17-18,20,22-23,26H,5,9,12-13,15-16H2,1-4H3,(H,30,34);1-2H2;1H/t17-,18-,20+,22+,23-,26?,29-;;/m1../s1. The van der Waals surface area contributed by atoms with Crippen molar-refractivity contribution in [2.24, 2.45) is 23.7 Å². The Morgan fingerprint density at radius 3 is 2.44 bits per heavy atom. The van der Waals surface area contributed by atoms with E-state index in [2.05, 4.69) is 30.6 Å². The Bertz CT molecular complexity index is 1090. The number of Topliss-reactive ketones (excluding diaryl/α,β-unsaturated/α-hetero) is 2. The zero-order chi connectivity index (χ0) is 28.7. The van der Waals surface area contributed by atoms with Crippen molar-refractivity contribution in [3.8, 4) is 0 Å². The number of hydrogen-bond acceptors (Lipinski definition) is 7. The average Bonchev–Trinajstić information content (AvgIpc) is 3.53. The maximum Gasteiger partial charge on any atom is 0.408 e. The van der Waals surface area contributed by atoms with Gasteiger partial charge in [0.05, 0.1) is 24.3 Å². The number of esters is 1. The largest absolute Gasteiger partial charge is 0.497 e. The third-order valence-electron chi connectivity index (χ3n) is 8.05. The van der Waals surface area contributed by atoms with Crippen molar-refractivity contribution in [1.82, 2.24) is 5.32 Å². The molecular weight excluding hydrogens is 498 g/mol. The maximum atomic E-state index is 14.0. The van der Waals surface area contributed by atoms with E-state index < -0.39 is 47.6 Å². The summed E-state index contributed by atoms with van der Waals surface area (Å²) in [6.07, 6.45) is 3.03. The van der Waals surface area contributed by atoms with Crippen LogP contribution in [0.3, 0.4) is 0 Å². The number of fused-ring (bicyclic) bond motifs is 3. The van der Waals surface area contributed by atoms with E-state index in [0.29, 0.717) is 25.0 Å². The highest BCUT2D eigenvalue weighted by atomic mass is 16.6. The Balaban J connectivity index is 0.00000183. The molecule has 0 aliphatic carbocycles. The number of benzene rings is 1. The van der Waals surface area contributed by atoms with E-state index >= 15 is 0 Å². The molecule has 8 heteroatoms. The summed E-state index contributed by atoms with van der Waals surface area (Å²) in [6.45, 7) is 13.0.